The molecular formula is C27H21Cl2F3N4O. The summed E-state index contributed by atoms with van der Waals surface area (Å²) in [5, 5.41) is 7.80. The quantitative estimate of drug-likeness (QED) is 0.280. The number of halogens is 5. The number of alkyl halides is 3. The first-order valence-electron chi connectivity index (χ1n) is 11.5. The maximum Gasteiger partial charge on any atom is 0.410 e. The van der Waals surface area contributed by atoms with Gasteiger partial charge in [0.1, 0.15) is 5.82 Å². The number of amides is 1. The van der Waals surface area contributed by atoms with Crippen LogP contribution in [0.15, 0.2) is 84.9 Å². The van der Waals surface area contributed by atoms with Gasteiger partial charge in [-0.2, -0.15) is 18.3 Å². The number of aromatic nitrogens is 2. The van der Waals surface area contributed by atoms with Crippen molar-refractivity contribution >= 4 is 40.6 Å². The van der Waals surface area contributed by atoms with Crippen LogP contribution in [0.3, 0.4) is 0 Å². The first-order valence-corrected chi connectivity index (χ1v) is 12.2. The number of carbonyl (C=O) groups is 1. The van der Waals surface area contributed by atoms with Crippen molar-refractivity contribution in [3.8, 4) is 0 Å². The number of benzene rings is 3. The average molecular weight is 545 g/mol. The van der Waals surface area contributed by atoms with Crippen LogP contribution in [0, 0.1) is 0 Å². The second kappa shape index (κ2) is 10.1. The summed E-state index contributed by atoms with van der Waals surface area (Å²) < 4.78 is 43.3. The smallest absolute Gasteiger partial charge is 0.363 e. The minimum absolute atomic E-state index is 0.0914. The van der Waals surface area contributed by atoms with Crippen LogP contribution in [-0.4, -0.2) is 21.9 Å². The number of para-hydroxylation sites is 1. The predicted octanol–water partition coefficient (Wildman–Crippen LogP) is 7.70. The van der Waals surface area contributed by atoms with E-state index in [4.69, 9.17) is 23.2 Å². The molecule has 0 bridgehead atoms. The summed E-state index contributed by atoms with van der Waals surface area (Å²) in [7, 11) is 0. The second-order valence-corrected chi connectivity index (χ2v) is 9.55. The zero-order valence-corrected chi connectivity index (χ0v) is 20.8. The predicted molar refractivity (Wildman–Crippen MR) is 138 cm³/mol. The second-order valence-electron chi connectivity index (χ2n) is 8.74. The number of nitrogens with one attached hydrogen (secondary N) is 1. The molecule has 10 heteroatoms. The van der Waals surface area contributed by atoms with Gasteiger partial charge in [-0.25, -0.2) is 4.68 Å². The largest absolute Gasteiger partial charge is 0.410 e. The number of hydrogen-bond donors (Lipinski definition) is 1. The van der Waals surface area contributed by atoms with Crippen molar-refractivity contribution in [2.24, 2.45) is 0 Å². The van der Waals surface area contributed by atoms with E-state index >= 15 is 0 Å². The summed E-state index contributed by atoms with van der Waals surface area (Å²) in [5.41, 5.74) is 1.94. The molecule has 1 aliphatic rings. The van der Waals surface area contributed by atoms with Crippen molar-refractivity contribution in [3.63, 3.8) is 0 Å². The number of hydrogen-bond acceptors (Lipinski definition) is 3. The van der Waals surface area contributed by atoms with Gasteiger partial charge >= 0.3 is 6.18 Å². The fraction of sp³-hybridized carbons (Fsp3) is 0.185. The van der Waals surface area contributed by atoms with Crippen molar-refractivity contribution in [1.29, 1.82) is 0 Å². The molecule has 0 spiro atoms. The molecule has 190 valence electrons. The summed E-state index contributed by atoms with van der Waals surface area (Å²) in [6, 6.07) is 21.8. The highest BCUT2D eigenvalue weighted by molar-refractivity contribution is 6.42. The lowest BCUT2D eigenvalue weighted by Gasteiger charge is -2.33. The van der Waals surface area contributed by atoms with E-state index in [1.807, 2.05) is 36.4 Å². The number of rotatable bonds is 5. The van der Waals surface area contributed by atoms with Gasteiger partial charge in [0.2, 0.25) is 0 Å². The Morgan fingerprint density at radius 2 is 1.65 bits per heavy atom. The molecule has 1 aliphatic heterocycles. The van der Waals surface area contributed by atoms with E-state index in [1.165, 1.54) is 11.0 Å². The molecule has 0 saturated carbocycles. The Morgan fingerprint density at radius 3 is 2.30 bits per heavy atom. The molecule has 5 rings (SSSR count). The molecule has 4 aromatic rings. The third-order valence-corrected chi connectivity index (χ3v) is 6.99. The van der Waals surface area contributed by atoms with Crippen LogP contribution in [0.25, 0.3) is 0 Å². The van der Waals surface area contributed by atoms with Crippen LogP contribution in [0.4, 0.5) is 24.7 Å². The Labute approximate surface area is 221 Å². The number of anilines is 2. The number of carbonyl (C=O) groups excluding carboxylic acids is 1. The Kier molecular flexibility index (Phi) is 6.88. The molecule has 2 atom stereocenters. The highest BCUT2D eigenvalue weighted by Gasteiger charge is 2.47. The van der Waals surface area contributed by atoms with Crippen LogP contribution in [0.2, 0.25) is 10.0 Å². The van der Waals surface area contributed by atoms with E-state index < -0.39 is 24.2 Å². The molecule has 0 saturated heterocycles. The molecule has 0 fully saturated rings. The Hall–Kier alpha value is -3.49. The minimum Gasteiger partial charge on any atom is -0.363 e. The first-order chi connectivity index (χ1) is 17.7. The maximum atomic E-state index is 14.1. The van der Waals surface area contributed by atoms with Crippen LogP contribution in [0.5, 0.6) is 0 Å². The molecule has 1 amide bonds. The average Bonchev–Trinajstić information content (AvgIpc) is 3.33. The standard InChI is InChI=1S/C27H21Cl2F3N4O/c28-20-12-11-18(13-21(20)29)22-14-24(27(30,31)32)36-25(33-22)15-23(34-36)26(37)35(19-9-5-2-6-10-19)16-17-7-3-1-4-8-17/h1-13,15,22,24,33H,14,16H2/t22-,24+/m1/s1. The lowest BCUT2D eigenvalue weighted by atomic mass is 9.97. The Balaban J connectivity index is 1.51. The summed E-state index contributed by atoms with van der Waals surface area (Å²) in [6.07, 6.45) is -4.91. The van der Waals surface area contributed by atoms with Gasteiger partial charge in [-0.15, -0.1) is 0 Å². The molecule has 0 radical (unpaired) electrons. The molecule has 1 N–H and O–H groups in total. The zero-order chi connectivity index (χ0) is 26.2. The highest BCUT2D eigenvalue weighted by atomic mass is 35.5. The third kappa shape index (κ3) is 5.31. The minimum atomic E-state index is -4.58. The molecule has 5 nitrogen and oxygen atoms in total. The highest BCUT2D eigenvalue weighted by Crippen LogP contribution is 2.44. The first kappa shape index (κ1) is 25.2. The van der Waals surface area contributed by atoms with Gasteiger partial charge in [0.15, 0.2) is 11.7 Å². The van der Waals surface area contributed by atoms with Gasteiger partial charge in [-0.05, 0) is 35.4 Å². The van der Waals surface area contributed by atoms with Crippen molar-refractivity contribution in [2.75, 3.05) is 10.2 Å². The molecule has 37 heavy (non-hydrogen) atoms. The topological polar surface area (TPSA) is 50.2 Å². The van der Waals surface area contributed by atoms with E-state index in [9.17, 15) is 18.0 Å². The summed E-state index contributed by atoms with van der Waals surface area (Å²) >= 11 is 12.1. The Morgan fingerprint density at radius 1 is 0.973 bits per heavy atom. The van der Waals surface area contributed by atoms with Crippen molar-refractivity contribution in [3.05, 3.63) is 112 Å². The van der Waals surface area contributed by atoms with Gasteiger partial charge in [0.25, 0.3) is 5.91 Å². The molecule has 0 aliphatic carbocycles. The monoisotopic (exact) mass is 544 g/mol. The van der Waals surface area contributed by atoms with Crippen LogP contribution in [-0.2, 0) is 6.54 Å². The summed E-state index contributed by atoms with van der Waals surface area (Å²) in [4.78, 5) is 15.2. The number of nitrogens with zero attached hydrogens (tertiary/aromatic N) is 3. The van der Waals surface area contributed by atoms with E-state index in [0.717, 1.165) is 10.2 Å². The lowest BCUT2D eigenvalue weighted by molar-refractivity contribution is -0.173. The van der Waals surface area contributed by atoms with E-state index in [1.54, 1.807) is 42.5 Å². The maximum absolute atomic E-state index is 14.1. The number of fused-ring (bicyclic) bond motifs is 1. The zero-order valence-electron chi connectivity index (χ0n) is 19.3. The van der Waals surface area contributed by atoms with Gasteiger partial charge in [0, 0.05) is 18.2 Å². The van der Waals surface area contributed by atoms with Gasteiger partial charge in [0.05, 0.1) is 22.6 Å². The molecule has 0 unspecified atom stereocenters. The van der Waals surface area contributed by atoms with E-state index in [0.29, 0.717) is 16.3 Å². The summed E-state index contributed by atoms with van der Waals surface area (Å²) in [6.45, 7) is 0.230. The normalized spacial score (nSPS) is 17.1. The van der Waals surface area contributed by atoms with E-state index in [2.05, 4.69) is 10.4 Å². The fourth-order valence-electron chi connectivity index (χ4n) is 4.42. The molecular weight excluding hydrogens is 524 g/mol. The van der Waals surface area contributed by atoms with Gasteiger partial charge in [-0.3, -0.25) is 4.79 Å². The fourth-order valence-corrected chi connectivity index (χ4v) is 4.72. The van der Waals surface area contributed by atoms with Crippen molar-refractivity contribution < 1.29 is 18.0 Å². The molecule has 2 heterocycles. The van der Waals surface area contributed by atoms with Crippen molar-refractivity contribution in [2.45, 2.75) is 31.2 Å². The molecule has 1 aromatic heterocycles. The lowest BCUT2D eigenvalue weighted by Crippen LogP contribution is -2.36. The van der Waals surface area contributed by atoms with Crippen LogP contribution >= 0.6 is 23.2 Å². The SMILES string of the molecule is O=C(c1cc2n(n1)[C@H](C(F)(F)F)C[C@H](c1ccc(Cl)c(Cl)c1)N2)N(Cc1ccccc1)c1ccccc1. The van der Waals surface area contributed by atoms with Crippen LogP contribution in [0.1, 0.15) is 40.1 Å². The third-order valence-electron chi connectivity index (χ3n) is 6.25. The molecule has 3 aromatic carbocycles. The Bertz CT molecular complexity index is 1410. The van der Waals surface area contributed by atoms with Crippen molar-refractivity contribution in [1.82, 2.24) is 9.78 Å². The van der Waals surface area contributed by atoms with Gasteiger partial charge < -0.3 is 10.2 Å². The van der Waals surface area contributed by atoms with E-state index in [-0.39, 0.29) is 29.5 Å². The van der Waals surface area contributed by atoms with Gasteiger partial charge in [-0.1, -0.05) is 77.8 Å². The summed E-state index contributed by atoms with van der Waals surface area (Å²) in [5.74, 6) is -0.411. The van der Waals surface area contributed by atoms with Crippen LogP contribution < -0.4 is 10.2 Å².